The van der Waals surface area contributed by atoms with Crippen LogP contribution in [0.5, 0.6) is 0 Å². The first kappa shape index (κ1) is 76.1. The van der Waals surface area contributed by atoms with Crippen LogP contribution in [0.15, 0.2) is 273 Å². The molecule has 9 aromatic rings. The highest BCUT2D eigenvalue weighted by molar-refractivity contribution is 5.94. The molecule has 12 rings (SSSR count). The summed E-state index contributed by atoms with van der Waals surface area (Å²) in [6.07, 6.45) is -30.6. The second-order valence-corrected chi connectivity index (χ2v) is 24.7. The van der Waals surface area contributed by atoms with E-state index in [4.69, 9.17) is 71.1 Å². The number of hydrogen-bond donors (Lipinski definition) is 1. The van der Waals surface area contributed by atoms with Crippen LogP contribution in [0.2, 0.25) is 0 Å². The van der Waals surface area contributed by atoms with Gasteiger partial charge in [0.2, 0.25) is 0 Å². The smallest absolute Gasteiger partial charge is 0.338 e. The average Bonchev–Trinajstić information content (AvgIpc) is 0.790. The highest BCUT2D eigenvalue weighted by Crippen LogP contribution is 2.38. The third-order valence-corrected chi connectivity index (χ3v) is 17.4. The molecule has 3 aliphatic rings. The summed E-state index contributed by atoms with van der Waals surface area (Å²) in [4.78, 5) is 144. The summed E-state index contributed by atoms with van der Waals surface area (Å²) in [5.41, 5.74) is -0.258. The van der Waals surface area contributed by atoms with Crippen molar-refractivity contribution >= 4 is 59.7 Å². The maximum Gasteiger partial charge on any atom is 0.338 e. The summed E-state index contributed by atoms with van der Waals surface area (Å²) in [6, 6.07) is 68.0. The van der Waals surface area contributed by atoms with Gasteiger partial charge in [-0.3, -0.25) is 4.79 Å². The van der Waals surface area contributed by atoms with Gasteiger partial charge in [-0.05, 0) is 109 Å². The van der Waals surface area contributed by atoms with E-state index in [0.29, 0.717) is 0 Å². The monoisotopic (exact) mass is 1480 g/mol. The summed E-state index contributed by atoms with van der Waals surface area (Å²) >= 11 is 0. The molecule has 3 saturated heterocycles. The number of rotatable bonds is 26. The lowest BCUT2D eigenvalue weighted by molar-refractivity contribution is -0.359. The molecular formula is C83H70O26. The number of carbonyl (C=O) groups is 10. The lowest BCUT2D eigenvalue weighted by atomic mass is 9.95. The fraction of sp³-hybridized carbons (Fsp3) is 0.229. The number of carbonyl (C=O) groups excluding carboxylic acids is 10. The predicted octanol–water partition coefficient (Wildman–Crippen LogP) is 9.78. The van der Waals surface area contributed by atoms with E-state index in [1.807, 2.05) is 0 Å². The van der Waals surface area contributed by atoms with E-state index in [1.165, 1.54) is 158 Å². The Morgan fingerprint density at radius 1 is 0.257 bits per heavy atom. The van der Waals surface area contributed by atoms with Gasteiger partial charge in [-0.15, -0.1) is 0 Å². The molecule has 0 aliphatic carbocycles. The lowest BCUT2D eigenvalue weighted by Gasteiger charge is -2.48. The van der Waals surface area contributed by atoms with E-state index in [9.17, 15) is 53.1 Å². The number of ether oxygens (including phenoxy) is 15. The minimum Gasteiger partial charge on any atom is -0.459 e. The first-order chi connectivity index (χ1) is 53.0. The van der Waals surface area contributed by atoms with Crippen LogP contribution in [0, 0.1) is 0 Å². The van der Waals surface area contributed by atoms with Gasteiger partial charge in [-0.1, -0.05) is 164 Å². The van der Waals surface area contributed by atoms with Crippen LogP contribution in [0.1, 0.15) is 100 Å². The quantitative estimate of drug-likeness (QED) is 0.0389. The molecule has 26 heteroatoms. The number of benzene rings is 9. The first-order valence-electron chi connectivity index (χ1n) is 34.4. The van der Waals surface area contributed by atoms with Gasteiger partial charge in [0.25, 0.3) is 0 Å². The van der Waals surface area contributed by atoms with E-state index in [-0.39, 0.29) is 50.1 Å². The van der Waals surface area contributed by atoms with Crippen molar-refractivity contribution in [3.05, 3.63) is 323 Å². The van der Waals surface area contributed by atoms with Gasteiger partial charge in [-0.2, -0.15) is 0 Å². The van der Waals surface area contributed by atoms with E-state index in [2.05, 4.69) is 0 Å². The van der Waals surface area contributed by atoms with Gasteiger partial charge in [0.05, 0.1) is 56.7 Å². The standard InChI is InChI=1S/C83H70O26/c1-50(84)98-69-66(109-83-71(108-80(93)59-45-27-10-28-46-59)68(106-78(91)57-41-23-8-24-42-57)65(104-76(89)55-37-19-6-20-38-55)62(101-83)48-96-73(86)52-31-13-3-14-32-52)63(102-74(87)53-33-15-4-16-34-53)60(99-81(69)94)49-97-82-70(107-79(92)58-43-25-9-26-44-58)67(105-77(90)56-39-21-7-22-40-56)64(103-75(88)54-35-17-5-18-36-54)61(100-82)47-95-72(85)51-29-11-2-12-30-51/h2-46,60-71,81-83,94H,47-49H2,1H3/t60?,61?,62-,63+,64+,65+,66?,67?,68?,69?,70?,71?,81-,82-,83+/m0/s1. The molecule has 0 spiro atoms. The molecule has 3 fully saturated rings. The van der Waals surface area contributed by atoms with Crippen molar-refractivity contribution < 1.29 is 124 Å². The Kier molecular flexibility index (Phi) is 25.6. The van der Waals surface area contributed by atoms with Gasteiger partial charge >= 0.3 is 59.7 Å². The van der Waals surface area contributed by atoms with Crippen LogP contribution < -0.4 is 0 Å². The largest absolute Gasteiger partial charge is 0.459 e. The lowest BCUT2D eigenvalue weighted by Crippen LogP contribution is -2.67. The Bertz CT molecular complexity index is 4570. The SMILES string of the molecule is CC(=O)OC1C(O[C@H]2O[C@@H](COC(=O)c3ccccc3)[C@@H](OC(=O)c3ccccc3)C(OC(=O)c3ccccc3)C2OC(=O)c2ccccc2)[C@H](OC(=O)c2ccccc2)C(CO[C@H]2OC(COC(=O)c3ccccc3)[C@@H](OC(=O)c3ccccc3)C(OC(=O)c3ccccc3)C2OC(=O)c2ccccc2)O[C@@H]1O. The molecular weight excluding hydrogens is 1410 g/mol. The maximum absolute atomic E-state index is 14.9. The molecule has 9 aromatic carbocycles. The van der Waals surface area contributed by atoms with Gasteiger partial charge < -0.3 is 76.2 Å². The molecule has 0 aromatic heterocycles. The molecule has 0 radical (unpaired) electrons. The number of aliphatic hydroxyl groups is 1. The molecule has 3 aliphatic heterocycles. The van der Waals surface area contributed by atoms with Crippen molar-refractivity contribution in [1.82, 2.24) is 0 Å². The first-order valence-corrected chi connectivity index (χ1v) is 34.4. The summed E-state index contributed by atoms with van der Waals surface area (Å²) < 4.78 is 95.0. The molecule has 8 unspecified atom stereocenters. The van der Waals surface area contributed by atoms with Crippen LogP contribution in [-0.2, 0) is 75.8 Å². The van der Waals surface area contributed by atoms with E-state index in [0.717, 1.165) is 6.92 Å². The molecule has 0 saturated carbocycles. The minimum absolute atomic E-state index is 0.00357. The maximum atomic E-state index is 14.9. The van der Waals surface area contributed by atoms with Crippen LogP contribution in [-0.4, -0.2) is 177 Å². The van der Waals surface area contributed by atoms with E-state index >= 15 is 0 Å². The van der Waals surface area contributed by atoms with Crippen molar-refractivity contribution in [2.24, 2.45) is 0 Å². The molecule has 1 N–H and O–H groups in total. The molecule has 15 atom stereocenters. The Balaban J connectivity index is 0.980. The van der Waals surface area contributed by atoms with E-state index in [1.54, 1.807) is 115 Å². The van der Waals surface area contributed by atoms with Crippen molar-refractivity contribution in [3.63, 3.8) is 0 Å². The van der Waals surface area contributed by atoms with Crippen LogP contribution in [0.4, 0.5) is 0 Å². The molecule has 26 nitrogen and oxygen atoms in total. The topological polar surface area (TPSA) is 329 Å². The molecule has 0 bridgehead atoms. The Labute approximate surface area is 623 Å². The zero-order valence-electron chi connectivity index (χ0n) is 57.9. The molecule has 3 heterocycles. The number of aliphatic hydroxyl groups excluding tert-OH is 1. The summed E-state index contributed by atoms with van der Waals surface area (Å²) in [7, 11) is 0. The summed E-state index contributed by atoms with van der Waals surface area (Å²) in [5.74, 6) is -10.4. The fourth-order valence-electron chi connectivity index (χ4n) is 12.1. The number of esters is 10. The highest BCUT2D eigenvalue weighted by Gasteiger charge is 2.60. The number of hydrogen-bond acceptors (Lipinski definition) is 26. The summed E-state index contributed by atoms with van der Waals surface area (Å²) in [6.45, 7) is -1.70. The van der Waals surface area contributed by atoms with Gasteiger partial charge in [0.1, 0.15) is 37.6 Å². The van der Waals surface area contributed by atoms with Crippen LogP contribution >= 0.6 is 0 Å². The highest BCUT2D eigenvalue weighted by atomic mass is 16.8. The predicted molar refractivity (Wildman–Crippen MR) is 378 cm³/mol. The van der Waals surface area contributed by atoms with Crippen molar-refractivity contribution in [3.8, 4) is 0 Å². The Morgan fingerprint density at radius 3 is 0.771 bits per heavy atom. The third-order valence-electron chi connectivity index (χ3n) is 17.4. The normalized spacial score (nSPS) is 23.5. The molecule has 0 amide bonds. The van der Waals surface area contributed by atoms with Crippen molar-refractivity contribution in [2.45, 2.75) is 99.0 Å². The fourth-order valence-corrected chi connectivity index (χ4v) is 12.1. The Hall–Kier alpha value is -12.6. The van der Waals surface area contributed by atoms with Gasteiger partial charge in [-0.25, -0.2) is 43.2 Å². The van der Waals surface area contributed by atoms with Crippen LogP contribution in [0.3, 0.4) is 0 Å². The zero-order chi connectivity index (χ0) is 76.2. The van der Waals surface area contributed by atoms with Crippen molar-refractivity contribution in [1.29, 1.82) is 0 Å². The Morgan fingerprint density at radius 2 is 0.486 bits per heavy atom. The van der Waals surface area contributed by atoms with Crippen molar-refractivity contribution in [2.75, 3.05) is 19.8 Å². The van der Waals surface area contributed by atoms with Gasteiger partial charge in [0.15, 0.2) is 67.7 Å². The van der Waals surface area contributed by atoms with Gasteiger partial charge in [0, 0.05) is 6.92 Å². The molecule has 109 heavy (non-hydrogen) atoms. The second-order valence-electron chi connectivity index (χ2n) is 24.7. The zero-order valence-corrected chi connectivity index (χ0v) is 57.9. The minimum atomic E-state index is -2.36. The van der Waals surface area contributed by atoms with E-state index < -0.39 is 172 Å². The van der Waals surface area contributed by atoms with Crippen LogP contribution in [0.25, 0.3) is 0 Å². The second kappa shape index (κ2) is 36.6. The third kappa shape index (κ3) is 19.6. The average molecular weight is 1480 g/mol. The summed E-state index contributed by atoms with van der Waals surface area (Å²) in [5, 5.41) is 12.5. The molecule has 558 valence electrons.